The molecule has 0 radical (unpaired) electrons. The van der Waals surface area contributed by atoms with E-state index in [1.54, 1.807) is 18.3 Å². The lowest BCUT2D eigenvalue weighted by Crippen LogP contribution is -2.30. The predicted octanol–water partition coefficient (Wildman–Crippen LogP) is 2.15. The molecule has 2 aromatic heterocycles. The first-order chi connectivity index (χ1) is 11.5. The molecule has 0 saturated carbocycles. The van der Waals surface area contributed by atoms with E-state index in [1.807, 2.05) is 13.8 Å². The Morgan fingerprint density at radius 2 is 2.08 bits per heavy atom. The number of hydrogen-bond acceptors (Lipinski definition) is 7. The third-order valence-corrected chi connectivity index (χ3v) is 4.57. The first kappa shape index (κ1) is 18.1. The maximum Gasteiger partial charge on any atom is 0.305 e. The molecule has 0 aliphatic carbocycles. The molecule has 2 aromatic rings. The fourth-order valence-electron chi connectivity index (χ4n) is 2.14. The predicted molar refractivity (Wildman–Crippen MR) is 91.3 cm³/mol. The summed E-state index contributed by atoms with van der Waals surface area (Å²) in [7, 11) is 0. The second kappa shape index (κ2) is 8.58. The summed E-state index contributed by atoms with van der Waals surface area (Å²) in [5, 5.41) is 3.56. The van der Waals surface area contributed by atoms with Crippen molar-refractivity contribution >= 4 is 33.4 Å². The molecule has 2 heterocycles. The highest BCUT2D eigenvalue weighted by Gasteiger charge is 2.14. The van der Waals surface area contributed by atoms with E-state index >= 15 is 0 Å². The zero-order valence-corrected chi connectivity index (χ0v) is 14.9. The van der Waals surface area contributed by atoms with Gasteiger partial charge < -0.3 is 14.8 Å². The summed E-state index contributed by atoms with van der Waals surface area (Å²) in [6.07, 6.45) is 2.25. The van der Waals surface area contributed by atoms with E-state index in [4.69, 9.17) is 9.47 Å². The lowest BCUT2D eigenvalue weighted by atomic mass is 10.2. The van der Waals surface area contributed by atoms with Crippen molar-refractivity contribution < 1.29 is 19.1 Å². The fourth-order valence-corrected chi connectivity index (χ4v) is 3.13. The molecule has 1 N–H and O–H groups in total. The van der Waals surface area contributed by atoms with Gasteiger partial charge >= 0.3 is 5.97 Å². The number of ether oxygens (including phenoxy) is 2. The smallest absolute Gasteiger partial charge is 0.305 e. The summed E-state index contributed by atoms with van der Waals surface area (Å²) in [4.78, 5) is 33.4. The van der Waals surface area contributed by atoms with Crippen LogP contribution in [-0.4, -0.2) is 41.6 Å². The van der Waals surface area contributed by atoms with Crippen LogP contribution in [0.3, 0.4) is 0 Å². The average molecular weight is 351 g/mol. The van der Waals surface area contributed by atoms with E-state index in [9.17, 15) is 9.59 Å². The number of aryl methyl sites for hydroxylation is 2. The fraction of sp³-hybridized carbons (Fsp3) is 0.500. The molecule has 0 aliphatic rings. The monoisotopic (exact) mass is 351 g/mol. The van der Waals surface area contributed by atoms with Crippen molar-refractivity contribution in [1.29, 1.82) is 0 Å². The lowest BCUT2D eigenvalue weighted by Gasteiger charge is -2.08. The Bertz CT molecular complexity index is 729. The SMILES string of the molecule is CCOC(=O)CCCNC(=O)COc1ncnc2sc(C)c(C)c12. The van der Waals surface area contributed by atoms with Crippen molar-refractivity contribution in [2.45, 2.75) is 33.6 Å². The highest BCUT2D eigenvalue weighted by atomic mass is 32.1. The number of hydrogen-bond donors (Lipinski definition) is 1. The number of amides is 1. The normalized spacial score (nSPS) is 10.6. The third-order valence-electron chi connectivity index (χ3n) is 3.46. The van der Waals surface area contributed by atoms with Crippen molar-refractivity contribution in [1.82, 2.24) is 15.3 Å². The molecule has 8 heteroatoms. The molecule has 0 aliphatic heterocycles. The molecule has 0 bridgehead atoms. The molecule has 7 nitrogen and oxygen atoms in total. The number of nitrogens with zero attached hydrogens (tertiary/aromatic N) is 2. The quantitative estimate of drug-likeness (QED) is 0.579. The molecule has 0 aromatic carbocycles. The number of carbonyl (C=O) groups excluding carboxylic acids is 2. The third kappa shape index (κ3) is 4.64. The van der Waals surface area contributed by atoms with E-state index in [0.717, 1.165) is 20.7 Å². The highest BCUT2D eigenvalue weighted by molar-refractivity contribution is 7.18. The maximum atomic E-state index is 11.8. The molecular weight excluding hydrogens is 330 g/mol. The molecule has 0 spiro atoms. The summed E-state index contributed by atoms with van der Waals surface area (Å²) < 4.78 is 10.4. The molecule has 0 atom stereocenters. The number of aromatic nitrogens is 2. The first-order valence-electron chi connectivity index (χ1n) is 7.78. The van der Waals surface area contributed by atoms with Crippen LogP contribution in [0.1, 0.15) is 30.2 Å². The minimum absolute atomic E-state index is 0.125. The van der Waals surface area contributed by atoms with Gasteiger partial charge in [-0.15, -0.1) is 11.3 Å². The van der Waals surface area contributed by atoms with Gasteiger partial charge in [-0.05, 0) is 32.8 Å². The van der Waals surface area contributed by atoms with Crippen LogP contribution in [0.25, 0.3) is 10.2 Å². The second-order valence-corrected chi connectivity index (χ2v) is 6.39. The Hall–Kier alpha value is -2.22. The van der Waals surface area contributed by atoms with Crippen LogP contribution in [0.5, 0.6) is 5.88 Å². The van der Waals surface area contributed by atoms with Crippen molar-refractivity contribution in [2.24, 2.45) is 0 Å². The molecule has 130 valence electrons. The van der Waals surface area contributed by atoms with Gasteiger partial charge in [-0.2, -0.15) is 0 Å². The van der Waals surface area contributed by atoms with Gasteiger partial charge in [-0.1, -0.05) is 0 Å². The number of rotatable bonds is 8. The number of fused-ring (bicyclic) bond motifs is 1. The summed E-state index contributed by atoms with van der Waals surface area (Å²) in [5.74, 6) is -0.0894. The van der Waals surface area contributed by atoms with Gasteiger partial charge in [-0.3, -0.25) is 9.59 Å². The molecule has 0 unspecified atom stereocenters. The van der Waals surface area contributed by atoms with Crippen LogP contribution in [0.15, 0.2) is 6.33 Å². The summed E-state index contributed by atoms with van der Waals surface area (Å²) >= 11 is 1.58. The number of nitrogens with one attached hydrogen (secondary N) is 1. The number of thiophene rings is 1. The topological polar surface area (TPSA) is 90.4 Å². The van der Waals surface area contributed by atoms with Gasteiger partial charge in [0.25, 0.3) is 5.91 Å². The van der Waals surface area contributed by atoms with Crippen LogP contribution >= 0.6 is 11.3 Å². The standard InChI is InChI=1S/C16H21N3O4S/c1-4-22-13(21)6-5-7-17-12(20)8-23-15-14-10(2)11(3)24-16(14)19-9-18-15/h9H,4-8H2,1-3H3,(H,17,20). The summed E-state index contributed by atoms with van der Waals surface area (Å²) in [6, 6.07) is 0. The van der Waals surface area contributed by atoms with Crippen molar-refractivity contribution in [3.05, 3.63) is 16.8 Å². The van der Waals surface area contributed by atoms with E-state index in [2.05, 4.69) is 15.3 Å². The minimum Gasteiger partial charge on any atom is -0.467 e. The van der Waals surface area contributed by atoms with E-state index < -0.39 is 0 Å². The second-order valence-electron chi connectivity index (χ2n) is 5.19. The minimum atomic E-state index is -0.255. The number of esters is 1. The zero-order chi connectivity index (χ0) is 17.5. The van der Waals surface area contributed by atoms with Crippen molar-refractivity contribution in [3.8, 4) is 5.88 Å². The van der Waals surface area contributed by atoms with Crippen LogP contribution in [-0.2, 0) is 14.3 Å². The van der Waals surface area contributed by atoms with Crippen LogP contribution in [0, 0.1) is 13.8 Å². The van der Waals surface area contributed by atoms with Gasteiger partial charge in [0.1, 0.15) is 11.2 Å². The van der Waals surface area contributed by atoms with E-state index in [-0.39, 0.29) is 24.9 Å². The summed E-state index contributed by atoms with van der Waals surface area (Å²) in [5.41, 5.74) is 1.07. The van der Waals surface area contributed by atoms with Crippen LogP contribution in [0.4, 0.5) is 0 Å². The largest absolute Gasteiger partial charge is 0.467 e. The van der Waals surface area contributed by atoms with E-state index in [1.165, 1.54) is 6.33 Å². The van der Waals surface area contributed by atoms with Crippen molar-refractivity contribution in [3.63, 3.8) is 0 Å². The van der Waals surface area contributed by atoms with Gasteiger partial charge in [0.15, 0.2) is 6.61 Å². The molecule has 0 fully saturated rings. The van der Waals surface area contributed by atoms with Gasteiger partial charge in [0.2, 0.25) is 5.88 Å². The van der Waals surface area contributed by atoms with Gasteiger partial charge in [-0.25, -0.2) is 9.97 Å². The summed E-state index contributed by atoms with van der Waals surface area (Å²) in [6.45, 7) is 6.41. The Kier molecular flexibility index (Phi) is 6.48. The first-order valence-corrected chi connectivity index (χ1v) is 8.60. The van der Waals surface area contributed by atoms with Gasteiger partial charge in [0.05, 0.1) is 12.0 Å². The Labute approximate surface area is 144 Å². The highest BCUT2D eigenvalue weighted by Crippen LogP contribution is 2.33. The molecule has 0 saturated heterocycles. The molecular formula is C16H21N3O4S. The van der Waals surface area contributed by atoms with Crippen LogP contribution < -0.4 is 10.1 Å². The molecule has 24 heavy (non-hydrogen) atoms. The van der Waals surface area contributed by atoms with Crippen LogP contribution in [0.2, 0.25) is 0 Å². The average Bonchev–Trinajstić information content (AvgIpc) is 2.85. The Morgan fingerprint density at radius 3 is 2.83 bits per heavy atom. The Morgan fingerprint density at radius 1 is 1.29 bits per heavy atom. The maximum absolute atomic E-state index is 11.8. The zero-order valence-electron chi connectivity index (χ0n) is 14.0. The number of carbonyl (C=O) groups is 2. The van der Waals surface area contributed by atoms with Gasteiger partial charge in [0, 0.05) is 17.8 Å². The van der Waals surface area contributed by atoms with E-state index in [0.29, 0.717) is 25.5 Å². The van der Waals surface area contributed by atoms with Crippen molar-refractivity contribution in [2.75, 3.05) is 19.8 Å². The lowest BCUT2D eigenvalue weighted by molar-refractivity contribution is -0.143. The Balaban J connectivity index is 1.81. The molecule has 1 amide bonds. The molecule has 2 rings (SSSR count).